The Bertz CT molecular complexity index is 776. The van der Waals surface area contributed by atoms with Gasteiger partial charge in [0.25, 0.3) is 0 Å². The molecule has 1 aromatic carbocycles. The second-order valence-electron chi connectivity index (χ2n) is 10.2. The van der Waals surface area contributed by atoms with E-state index < -0.39 is 24.0 Å². The number of carbonyl (C=O) groups excluding carboxylic acids is 4. The molecule has 1 rings (SSSR count). The fraction of sp³-hybridized carbons (Fsp3) is 0.630. The van der Waals surface area contributed by atoms with E-state index in [1.807, 2.05) is 71.9 Å². The zero-order valence-corrected chi connectivity index (χ0v) is 21.5. The molecule has 7 nitrogen and oxygen atoms in total. The second-order valence-corrected chi connectivity index (χ2v) is 10.2. The largest absolute Gasteiger partial charge is 0.461 e. The molecule has 0 heterocycles. The Labute approximate surface area is 204 Å². The molecule has 1 aromatic rings. The highest BCUT2D eigenvalue weighted by molar-refractivity contribution is 5.91. The Balaban J connectivity index is 2.84. The van der Waals surface area contributed by atoms with E-state index in [0.717, 1.165) is 11.8 Å². The quantitative estimate of drug-likeness (QED) is 0.295. The van der Waals surface area contributed by atoms with Crippen LogP contribution in [-0.2, 0) is 30.5 Å². The number of nitrogens with one attached hydrogen (secondary N) is 2. The van der Waals surface area contributed by atoms with Crippen molar-refractivity contribution in [1.82, 2.24) is 10.6 Å². The molecule has 2 amide bonds. The number of aldehydes is 1. The molecule has 34 heavy (non-hydrogen) atoms. The summed E-state index contributed by atoms with van der Waals surface area (Å²) < 4.78 is 5.37. The Kier molecular flexibility index (Phi) is 13.2. The fourth-order valence-corrected chi connectivity index (χ4v) is 3.78. The van der Waals surface area contributed by atoms with E-state index in [1.165, 1.54) is 0 Å². The number of rotatable bonds is 15. The predicted molar refractivity (Wildman–Crippen MR) is 133 cm³/mol. The molecule has 0 spiro atoms. The molecule has 2 N–H and O–H groups in total. The lowest BCUT2D eigenvalue weighted by molar-refractivity contribution is -0.148. The van der Waals surface area contributed by atoms with Gasteiger partial charge in [-0.2, -0.15) is 0 Å². The van der Waals surface area contributed by atoms with Gasteiger partial charge in [-0.15, -0.1) is 0 Å². The van der Waals surface area contributed by atoms with Gasteiger partial charge in [-0.1, -0.05) is 71.9 Å². The highest BCUT2D eigenvalue weighted by Gasteiger charge is 2.29. The third-order valence-electron chi connectivity index (χ3n) is 5.34. The average Bonchev–Trinajstić information content (AvgIpc) is 2.76. The minimum atomic E-state index is -0.780. The minimum Gasteiger partial charge on any atom is -0.461 e. The summed E-state index contributed by atoms with van der Waals surface area (Å²) in [4.78, 5) is 49.9. The van der Waals surface area contributed by atoms with Crippen LogP contribution >= 0.6 is 0 Å². The van der Waals surface area contributed by atoms with Crippen molar-refractivity contribution >= 4 is 24.1 Å². The van der Waals surface area contributed by atoms with Crippen LogP contribution < -0.4 is 10.6 Å². The van der Waals surface area contributed by atoms with Crippen molar-refractivity contribution in [3.05, 3.63) is 35.9 Å². The number of esters is 1. The minimum absolute atomic E-state index is 0.0584. The summed E-state index contributed by atoms with van der Waals surface area (Å²) in [5.74, 6) is -1.22. The molecule has 0 aliphatic carbocycles. The predicted octanol–water partition coefficient (Wildman–Crippen LogP) is 4.04. The first-order valence-electron chi connectivity index (χ1n) is 12.3. The molecule has 0 unspecified atom stereocenters. The summed E-state index contributed by atoms with van der Waals surface area (Å²) in [6.07, 6.45) is 2.12. The lowest BCUT2D eigenvalue weighted by Gasteiger charge is -2.25. The molecule has 7 heteroatoms. The van der Waals surface area contributed by atoms with E-state index in [2.05, 4.69) is 10.6 Å². The van der Waals surface area contributed by atoms with Crippen molar-refractivity contribution in [2.75, 3.05) is 0 Å². The van der Waals surface area contributed by atoms with Gasteiger partial charge in [-0.25, -0.2) is 0 Å². The smallest absolute Gasteiger partial charge is 0.306 e. The molecule has 190 valence electrons. The Hall–Kier alpha value is -2.70. The molecule has 0 saturated carbocycles. The first-order valence-corrected chi connectivity index (χ1v) is 12.3. The number of amides is 2. The number of benzene rings is 1. The van der Waals surface area contributed by atoms with Crippen LogP contribution in [0.25, 0.3) is 0 Å². The molecule has 0 aromatic heterocycles. The van der Waals surface area contributed by atoms with Crippen molar-refractivity contribution in [1.29, 1.82) is 0 Å². The molecular weight excluding hydrogens is 432 g/mol. The number of ether oxygens (including phenoxy) is 1. The van der Waals surface area contributed by atoms with Crippen LogP contribution in [0.1, 0.15) is 72.8 Å². The van der Waals surface area contributed by atoms with E-state index in [0.29, 0.717) is 19.3 Å². The molecule has 0 saturated heterocycles. The van der Waals surface area contributed by atoms with Crippen LogP contribution in [0.15, 0.2) is 30.3 Å². The molecule has 0 radical (unpaired) electrons. The third-order valence-corrected chi connectivity index (χ3v) is 5.34. The monoisotopic (exact) mass is 474 g/mol. The second kappa shape index (κ2) is 15.3. The van der Waals surface area contributed by atoms with E-state index in [4.69, 9.17) is 4.74 Å². The van der Waals surface area contributed by atoms with Gasteiger partial charge >= 0.3 is 5.97 Å². The third kappa shape index (κ3) is 12.0. The number of hydrogen-bond donors (Lipinski definition) is 2. The van der Waals surface area contributed by atoms with E-state index >= 15 is 0 Å². The number of carbonyl (C=O) groups is 4. The molecule has 0 bridgehead atoms. The maximum Gasteiger partial charge on any atom is 0.306 e. The van der Waals surface area contributed by atoms with Gasteiger partial charge < -0.3 is 20.2 Å². The Morgan fingerprint density at radius 1 is 0.824 bits per heavy atom. The van der Waals surface area contributed by atoms with Crippen molar-refractivity contribution in [3.8, 4) is 0 Å². The molecular formula is C27H42N2O5. The summed E-state index contributed by atoms with van der Waals surface area (Å²) in [5.41, 5.74) is 0.875. The van der Waals surface area contributed by atoms with Gasteiger partial charge in [0.05, 0.1) is 12.5 Å². The lowest BCUT2D eigenvalue weighted by Crippen LogP contribution is -2.52. The van der Waals surface area contributed by atoms with Crippen molar-refractivity contribution < 1.29 is 23.9 Å². The lowest BCUT2D eigenvalue weighted by atomic mass is 9.92. The maximum absolute atomic E-state index is 13.1. The Morgan fingerprint density at radius 2 is 1.41 bits per heavy atom. The molecule has 3 atom stereocenters. The topological polar surface area (TPSA) is 102 Å². The van der Waals surface area contributed by atoms with Crippen LogP contribution in [0.4, 0.5) is 0 Å². The highest BCUT2D eigenvalue weighted by atomic mass is 16.5. The van der Waals surface area contributed by atoms with Crippen LogP contribution in [0, 0.1) is 23.7 Å². The average molecular weight is 475 g/mol. The van der Waals surface area contributed by atoms with Crippen molar-refractivity contribution in [2.24, 2.45) is 23.7 Å². The fourth-order valence-electron chi connectivity index (χ4n) is 3.78. The maximum atomic E-state index is 13.1. The summed E-state index contributed by atoms with van der Waals surface area (Å²) in [5, 5.41) is 5.60. The standard InChI is InChI=1S/C27H42N2O5/c1-18(2)12-22(15-25(31)34-17-21-10-8-7-9-11-21)26(32)29-24(14-20(5)6)27(33)28-23(16-30)13-19(3)4/h7-11,16,18-20,22-24H,12-15,17H2,1-6H3,(H,28,33)(H,29,32)/t22-,23+,24+/m1/s1. The zero-order chi connectivity index (χ0) is 25.7. The highest BCUT2D eigenvalue weighted by Crippen LogP contribution is 2.18. The van der Waals surface area contributed by atoms with Crippen LogP contribution in [0.3, 0.4) is 0 Å². The Morgan fingerprint density at radius 3 is 1.94 bits per heavy atom. The van der Waals surface area contributed by atoms with Gasteiger partial charge in [0.15, 0.2) is 0 Å². The van der Waals surface area contributed by atoms with E-state index in [-0.39, 0.29) is 42.6 Å². The number of hydrogen-bond acceptors (Lipinski definition) is 5. The van der Waals surface area contributed by atoms with Gasteiger partial charge in [-0.05, 0) is 42.6 Å². The molecule has 0 aliphatic heterocycles. The molecule has 0 fully saturated rings. The zero-order valence-electron chi connectivity index (χ0n) is 21.5. The first kappa shape index (κ1) is 29.3. The van der Waals surface area contributed by atoms with Gasteiger partial charge in [0.1, 0.15) is 18.9 Å². The van der Waals surface area contributed by atoms with Gasteiger partial charge in [0.2, 0.25) is 11.8 Å². The van der Waals surface area contributed by atoms with Gasteiger partial charge in [-0.3, -0.25) is 14.4 Å². The van der Waals surface area contributed by atoms with Crippen LogP contribution in [0.2, 0.25) is 0 Å². The van der Waals surface area contributed by atoms with Crippen LogP contribution in [0.5, 0.6) is 0 Å². The van der Waals surface area contributed by atoms with E-state index in [1.54, 1.807) is 0 Å². The first-order chi connectivity index (χ1) is 16.0. The molecule has 0 aliphatic rings. The van der Waals surface area contributed by atoms with Gasteiger partial charge in [0, 0.05) is 5.92 Å². The summed E-state index contributed by atoms with van der Waals surface area (Å²) in [6, 6.07) is 7.98. The van der Waals surface area contributed by atoms with Crippen LogP contribution in [-0.4, -0.2) is 36.2 Å². The summed E-state index contributed by atoms with van der Waals surface area (Å²) in [7, 11) is 0. The van der Waals surface area contributed by atoms with Crippen molar-refractivity contribution in [2.45, 2.75) is 85.9 Å². The summed E-state index contributed by atoms with van der Waals surface area (Å²) >= 11 is 0. The van der Waals surface area contributed by atoms with Crippen molar-refractivity contribution in [3.63, 3.8) is 0 Å². The normalized spacial score (nSPS) is 13.9. The summed E-state index contributed by atoms with van der Waals surface area (Å²) in [6.45, 7) is 12.0. The van der Waals surface area contributed by atoms with E-state index in [9.17, 15) is 19.2 Å². The SMILES string of the molecule is CC(C)C[C@H](CC(=O)OCc1ccccc1)C(=O)N[C@@H](CC(C)C)C(=O)N[C@H](C=O)CC(C)C.